The number of hydrogen-bond acceptors (Lipinski definition) is 4. The van der Waals surface area contributed by atoms with E-state index in [0.29, 0.717) is 32.2 Å². The average Bonchev–Trinajstić information content (AvgIpc) is 2.51. The molecular weight excluding hydrogens is 278 g/mol. The van der Waals surface area contributed by atoms with Gasteiger partial charge in [0.2, 0.25) is 0 Å². The molecule has 1 heterocycles. The van der Waals surface area contributed by atoms with Crippen molar-refractivity contribution in [2.24, 2.45) is 0 Å². The topological polar surface area (TPSA) is 63.9 Å². The molecule has 1 fully saturated rings. The molecular formula is C18H25NO3. The average molecular weight is 303 g/mol. The molecule has 1 saturated heterocycles. The highest BCUT2D eigenvalue weighted by atomic mass is 16.3. The molecule has 2 unspecified atom stereocenters. The van der Waals surface area contributed by atoms with Gasteiger partial charge < -0.3 is 20.2 Å². The number of rotatable bonds is 6. The standard InChI is InChI=1S/C18H25NO3/c1-2-8-18(22)9-11-19(12-10-18)14-16(20)13-17(21)15-6-4-3-5-7-15/h1,3-7,16-17,20-22H,8-14H2. The summed E-state index contributed by atoms with van der Waals surface area (Å²) in [6, 6.07) is 9.37. The van der Waals surface area contributed by atoms with Gasteiger partial charge in [-0.05, 0) is 18.4 Å². The van der Waals surface area contributed by atoms with E-state index in [9.17, 15) is 15.3 Å². The van der Waals surface area contributed by atoms with E-state index in [1.807, 2.05) is 30.3 Å². The summed E-state index contributed by atoms with van der Waals surface area (Å²) in [5.74, 6) is 2.53. The minimum atomic E-state index is -0.750. The Morgan fingerprint density at radius 1 is 1.18 bits per heavy atom. The third-order valence-electron chi connectivity index (χ3n) is 4.37. The third-order valence-corrected chi connectivity index (χ3v) is 4.37. The molecule has 1 aromatic carbocycles. The SMILES string of the molecule is C#CCC1(O)CCN(CC(O)CC(O)c2ccccc2)CC1. The van der Waals surface area contributed by atoms with Crippen LogP contribution in [0.4, 0.5) is 0 Å². The predicted octanol–water partition coefficient (Wildman–Crippen LogP) is 1.32. The maximum absolute atomic E-state index is 10.2. The molecule has 4 heteroatoms. The zero-order chi connectivity index (χ0) is 16.0. The van der Waals surface area contributed by atoms with Crippen molar-refractivity contribution in [3.63, 3.8) is 0 Å². The lowest BCUT2D eigenvalue weighted by molar-refractivity contribution is -0.0301. The monoisotopic (exact) mass is 303 g/mol. The van der Waals surface area contributed by atoms with Crippen molar-refractivity contribution in [3.8, 4) is 12.3 Å². The molecule has 1 aliphatic rings. The first-order chi connectivity index (χ1) is 10.5. The zero-order valence-corrected chi connectivity index (χ0v) is 12.9. The van der Waals surface area contributed by atoms with Gasteiger partial charge in [-0.2, -0.15) is 0 Å². The number of nitrogens with zero attached hydrogens (tertiary/aromatic N) is 1. The second-order valence-corrected chi connectivity index (χ2v) is 6.22. The van der Waals surface area contributed by atoms with Crippen LogP contribution in [-0.2, 0) is 0 Å². The highest BCUT2D eigenvalue weighted by molar-refractivity contribution is 5.17. The van der Waals surface area contributed by atoms with Gasteiger partial charge in [-0.3, -0.25) is 0 Å². The molecule has 0 radical (unpaired) electrons. The van der Waals surface area contributed by atoms with Gasteiger partial charge in [0.15, 0.2) is 0 Å². The molecule has 120 valence electrons. The molecule has 2 atom stereocenters. The van der Waals surface area contributed by atoms with Crippen LogP contribution in [0.1, 0.15) is 37.4 Å². The Bertz CT molecular complexity index is 489. The molecule has 0 amide bonds. The lowest BCUT2D eigenvalue weighted by atomic mass is 9.88. The van der Waals surface area contributed by atoms with Crippen molar-refractivity contribution in [2.45, 2.75) is 43.5 Å². The zero-order valence-electron chi connectivity index (χ0n) is 12.9. The second-order valence-electron chi connectivity index (χ2n) is 6.22. The van der Waals surface area contributed by atoms with E-state index < -0.39 is 17.8 Å². The molecule has 0 spiro atoms. The van der Waals surface area contributed by atoms with Crippen LogP contribution in [-0.4, -0.2) is 51.6 Å². The second kappa shape index (κ2) is 7.75. The fraction of sp³-hybridized carbons (Fsp3) is 0.556. The summed E-state index contributed by atoms with van der Waals surface area (Å²) < 4.78 is 0. The summed E-state index contributed by atoms with van der Waals surface area (Å²) in [7, 11) is 0. The number of aliphatic hydroxyl groups is 3. The minimum absolute atomic E-state index is 0.315. The van der Waals surface area contributed by atoms with Crippen LogP contribution in [0.3, 0.4) is 0 Å². The molecule has 1 aromatic rings. The van der Waals surface area contributed by atoms with Crippen molar-refractivity contribution >= 4 is 0 Å². The summed E-state index contributed by atoms with van der Waals surface area (Å²) in [4.78, 5) is 2.12. The lowest BCUT2D eigenvalue weighted by Crippen LogP contribution is -2.46. The molecule has 0 aromatic heterocycles. The number of β-amino-alcohol motifs (C(OH)–C–C–N with tert-alkyl or cyclic N) is 1. The highest BCUT2D eigenvalue weighted by Crippen LogP contribution is 2.26. The Kier molecular flexibility index (Phi) is 5.98. The summed E-state index contributed by atoms with van der Waals surface area (Å²) in [5, 5.41) is 30.5. The first kappa shape index (κ1) is 17.0. The molecule has 4 nitrogen and oxygen atoms in total. The predicted molar refractivity (Wildman–Crippen MR) is 86.1 cm³/mol. The van der Waals surface area contributed by atoms with E-state index in [-0.39, 0.29) is 0 Å². The van der Waals surface area contributed by atoms with Crippen molar-refractivity contribution in [1.29, 1.82) is 0 Å². The quantitative estimate of drug-likeness (QED) is 0.694. The Labute approximate surface area is 132 Å². The van der Waals surface area contributed by atoms with Crippen LogP contribution < -0.4 is 0 Å². The number of piperidine rings is 1. The van der Waals surface area contributed by atoms with Gasteiger partial charge in [0.05, 0.1) is 17.8 Å². The maximum Gasteiger partial charge on any atom is 0.0815 e. The van der Waals surface area contributed by atoms with E-state index in [2.05, 4.69) is 10.8 Å². The Morgan fingerprint density at radius 3 is 2.41 bits per heavy atom. The van der Waals surface area contributed by atoms with Crippen molar-refractivity contribution in [2.75, 3.05) is 19.6 Å². The van der Waals surface area contributed by atoms with Crippen LogP contribution >= 0.6 is 0 Å². The van der Waals surface area contributed by atoms with Gasteiger partial charge in [-0.15, -0.1) is 12.3 Å². The van der Waals surface area contributed by atoms with Crippen molar-refractivity contribution in [3.05, 3.63) is 35.9 Å². The Hall–Kier alpha value is -1.38. The Morgan fingerprint density at radius 2 is 1.82 bits per heavy atom. The summed E-state index contributed by atoms with van der Waals surface area (Å²) in [6.07, 6.45) is 6.00. The first-order valence-electron chi connectivity index (χ1n) is 7.82. The van der Waals surface area contributed by atoms with Gasteiger partial charge in [0.25, 0.3) is 0 Å². The van der Waals surface area contributed by atoms with E-state index >= 15 is 0 Å². The molecule has 0 saturated carbocycles. The van der Waals surface area contributed by atoms with Crippen LogP contribution in [0, 0.1) is 12.3 Å². The number of benzene rings is 1. The number of terminal acetylenes is 1. The van der Waals surface area contributed by atoms with E-state index in [4.69, 9.17) is 6.42 Å². The van der Waals surface area contributed by atoms with Gasteiger partial charge in [-0.1, -0.05) is 30.3 Å². The van der Waals surface area contributed by atoms with Gasteiger partial charge in [-0.25, -0.2) is 0 Å². The smallest absolute Gasteiger partial charge is 0.0815 e. The van der Waals surface area contributed by atoms with Gasteiger partial charge >= 0.3 is 0 Å². The summed E-state index contributed by atoms with van der Waals surface area (Å²) >= 11 is 0. The summed E-state index contributed by atoms with van der Waals surface area (Å²) in [5.41, 5.74) is 0.0725. The molecule has 2 rings (SSSR count). The van der Waals surface area contributed by atoms with Crippen LogP contribution in [0.5, 0.6) is 0 Å². The fourth-order valence-corrected chi connectivity index (χ4v) is 2.96. The minimum Gasteiger partial charge on any atom is -0.392 e. The maximum atomic E-state index is 10.2. The fourth-order valence-electron chi connectivity index (χ4n) is 2.96. The van der Waals surface area contributed by atoms with E-state index in [1.165, 1.54) is 0 Å². The lowest BCUT2D eigenvalue weighted by Gasteiger charge is -2.38. The molecule has 3 N–H and O–H groups in total. The van der Waals surface area contributed by atoms with Gasteiger partial charge in [0.1, 0.15) is 0 Å². The third kappa shape index (κ3) is 4.82. The normalized spacial score (nSPS) is 21.0. The first-order valence-corrected chi connectivity index (χ1v) is 7.82. The van der Waals surface area contributed by atoms with Crippen LogP contribution in [0.15, 0.2) is 30.3 Å². The van der Waals surface area contributed by atoms with Crippen LogP contribution in [0.25, 0.3) is 0 Å². The van der Waals surface area contributed by atoms with E-state index in [0.717, 1.165) is 18.7 Å². The van der Waals surface area contributed by atoms with E-state index in [1.54, 1.807) is 0 Å². The molecule has 0 bridgehead atoms. The van der Waals surface area contributed by atoms with Crippen LogP contribution in [0.2, 0.25) is 0 Å². The summed E-state index contributed by atoms with van der Waals surface area (Å²) in [6.45, 7) is 1.95. The largest absolute Gasteiger partial charge is 0.392 e. The van der Waals surface area contributed by atoms with Crippen molar-refractivity contribution in [1.82, 2.24) is 4.90 Å². The Balaban J connectivity index is 1.77. The highest BCUT2D eigenvalue weighted by Gasteiger charge is 2.32. The number of likely N-dealkylation sites (tertiary alicyclic amines) is 1. The number of aliphatic hydroxyl groups excluding tert-OH is 2. The molecule has 0 aliphatic carbocycles. The molecule has 1 aliphatic heterocycles. The van der Waals surface area contributed by atoms with Crippen molar-refractivity contribution < 1.29 is 15.3 Å². The number of hydrogen-bond donors (Lipinski definition) is 3. The molecule has 22 heavy (non-hydrogen) atoms. The van der Waals surface area contributed by atoms with Gasteiger partial charge in [0, 0.05) is 32.5 Å².